The molecule has 0 heterocycles. The Hall–Kier alpha value is -3.29. The van der Waals surface area contributed by atoms with Crippen LogP contribution in [-0.2, 0) is 16.6 Å². The van der Waals surface area contributed by atoms with Crippen LogP contribution < -0.4 is 10.0 Å². The van der Waals surface area contributed by atoms with Crippen LogP contribution in [0.2, 0.25) is 0 Å². The number of amides is 1. The average Bonchev–Trinajstić information content (AvgIpc) is 2.83. The summed E-state index contributed by atoms with van der Waals surface area (Å²) in [6, 6.07) is 22.8. The van der Waals surface area contributed by atoms with E-state index < -0.39 is 10.0 Å². The largest absolute Gasteiger partial charge is 0.352 e. The predicted octanol–water partition coefficient (Wildman–Crippen LogP) is 4.29. The van der Waals surface area contributed by atoms with Crippen LogP contribution in [0.25, 0.3) is 0 Å². The number of rotatable bonds is 10. The molecule has 0 radical (unpaired) electrons. The van der Waals surface area contributed by atoms with Crippen LogP contribution >= 0.6 is 0 Å². The Morgan fingerprint density at radius 1 is 0.848 bits per heavy atom. The first-order valence-electron chi connectivity index (χ1n) is 10.8. The van der Waals surface area contributed by atoms with Crippen molar-refractivity contribution >= 4 is 21.7 Å². The fourth-order valence-corrected chi connectivity index (χ4v) is 4.37. The maximum Gasteiger partial charge on any atom is 0.251 e. The molecule has 1 atom stereocenters. The maximum absolute atomic E-state index is 12.5. The van der Waals surface area contributed by atoms with Gasteiger partial charge in [-0.05, 0) is 54.7 Å². The lowest BCUT2D eigenvalue weighted by molar-refractivity contribution is 0.0951. The van der Waals surface area contributed by atoms with E-state index in [9.17, 15) is 18.0 Å². The third-order valence-corrected chi connectivity index (χ3v) is 6.90. The van der Waals surface area contributed by atoms with Gasteiger partial charge in [0.25, 0.3) is 5.91 Å². The van der Waals surface area contributed by atoms with E-state index in [1.54, 1.807) is 24.3 Å². The summed E-state index contributed by atoms with van der Waals surface area (Å²) in [5.74, 6) is 0.0651. The van der Waals surface area contributed by atoms with Crippen molar-refractivity contribution in [2.24, 2.45) is 0 Å². The first-order chi connectivity index (χ1) is 15.8. The first-order valence-corrected chi connectivity index (χ1v) is 12.3. The van der Waals surface area contributed by atoms with Crippen LogP contribution in [0.3, 0.4) is 0 Å². The van der Waals surface area contributed by atoms with Gasteiger partial charge in [-0.3, -0.25) is 9.59 Å². The van der Waals surface area contributed by atoms with Gasteiger partial charge in [0, 0.05) is 24.2 Å². The molecule has 33 heavy (non-hydrogen) atoms. The van der Waals surface area contributed by atoms with Crippen molar-refractivity contribution in [2.75, 3.05) is 6.54 Å². The highest BCUT2D eigenvalue weighted by Gasteiger charge is 2.14. The van der Waals surface area contributed by atoms with Crippen LogP contribution in [0, 0.1) is 0 Å². The van der Waals surface area contributed by atoms with Crippen LogP contribution in [-0.4, -0.2) is 26.7 Å². The van der Waals surface area contributed by atoms with E-state index in [1.165, 1.54) is 36.8 Å². The molecule has 3 aromatic rings. The van der Waals surface area contributed by atoms with E-state index in [-0.39, 0.29) is 23.1 Å². The number of carbonyl (C=O) groups is 2. The standard InChI is InChI=1S/C26H28N2O4S/c1-19(22-6-4-3-5-7-22)16-17-27-26(30)24-10-8-21(9-11-24)18-28-33(31,32)25-14-12-23(13-15-25)20(2)29/h3-15,19,28H,16-18H2,1-2H3,(H,27,30). The lowest BCUT2D eigenvalue weighted by Crippen LogP contribution is -2.25. The molecule has 172 valence electrons. The van der Waals surface area contributed by atoms with E-state index in [0.717, 1.165) is 12.0 Å². The molecule has 0 bridgehead atoms. The molecular formula is C26H28N2O4S. The third-order valence-electron chi connectivity index (χ3n) is 5.49. The summed E-state index contributed by atoms with van der Waals surface area (Å²) >= 11 is 0. The minimum absolute atomic E-state index is 0.0906. The number of carbonyl (C=O) groups excluding carboxylic acids is 2. The molecule has 6 nitrogen and oxygen atoms in total. The fourth-order valence-electron chi connectivity index (χ4n) is 3.36. The Labute approximate surface area is 195 Å². The summed E-state index contributed by atoms with van der Waals surface area (Å²) in [6.07, 6.45) is 0.836. The lowest BCUT2D eigenvalue weighted by atomic mass is 9.98. The minimum Gasteiger partial charge on any atom is -0.352 e. The highest BCUT2D eigenvalue weighted by atomic mass is 32.2. The monoisotopic (exact) mass is 464 g/mol. The van der Waals surface area contributed by atoms with E-state index in [0.29, 0.717) is 23.6 Å². The van der Waals surface area contributed by atoms with Crippen molar-refractivity contribution in [3.63, 3.8) is 0 Å². The van der Waals surface area contributed by atoms with Gasteiger partial charge in [0.1, 0.15) is 0 Å². The molecule has 7 heteroatoms. The summed E-state index contributed by atoms with van der Waals surface area (Å²) in [5.41, 5.74) is 2.95. The number of Topliss-reactive ketones (excluding diaryl/α,β-unsaturated/α-hetero) is 1. The molecule has 0 saturated carbocycles. The summed E-state index contributed by atoms with van der Waals surface area (Å²) in [6.45, 7) is 4.22. The van der Waals surface area contributed by atoms with Crippen molar-refractivity contribution in [3.8, 4) is 0 Å². The molecule has 0 fully saturated rings. The normalized spacial score (nSPS) is 12.2. The van der Waals surface area contributed by atoms with E-state index in [2.05, 4.69) is 29.1 Å². The zero-order chi connectivity index (χ0) is 23.8. The molecule has 1 unspecified atom stereocenters. The van der Waals surface area contributed by atoms with E-state index >= 15 is 0 Å². The Kier molecular flexibility index (Phi) is 8.14. The van der Waals surface area contributed by atoms with Gasteiger partial charge in [0.15, 0.2) is 5.78 Å². The molecule has 3 rings (SSSR count). The number of hydrogen-bond acceptors (Lipinski definition) is 4. The van der Waals surface area contributed by atoms with Crippen LogP contribution in [0.4, 0.5) is 0 Å². The molecule has 0 saturated heterocycles. The van der Waals surface area contributed by atoms with Gasteiger partial charge >= 0.3 is 0 Å². The Morgan fingerprint density at radius 3 is 2.06 bits per heavy atom. The summed E-state index contributed by atoms with van der Waals surface area (Å²) < 4.78 is 27.5. The third kappa shape index (κ3) is 6.84. The van der Waals surface area contributed by atoms with Crippen LogP contribution in [0.5, 0.6) is 0 Å². The zero-order valence-corrected chi connectivity index (χ0v) is 19.6. The summed E-state index contributed by atoms with van der Waals surface area (Å²) in [7, 11) is -3.71. The molecule has 1 amide bonds. The zero-order valence-electron chi connectivity index (χ0n) is 18.7. The minimum atomic E-state index is -3.71. The molecule has 0 aliphatic carbocycles. The van der Waals surface area contributed by atoms with Gasteiger partial charge in [-0.15, -0.1) is 0 Å². The number of nitrogens with one attached hydrogen (secondary N) is 2. The van der Waals surface area contributed by atoms with Crippen molar-refractivity contribution in [2.45, 2.75) is 37.6 Å². The quantitative estimate of drug-likeness (QED) is 0.438. The smallest absolute Gasteiger partial charge is 0.251 e. The van der Waals surface area contributed by atoms with Crippen LogP contribution in [0.1, 0.15) is 58.0 Å². The second-order valence-electron chi connectivity index (χ2n) is 7.96. The molecule has 0 aromatic heterocycles. The van der Waals surface area contributed by atoms with Gasteiger partial charge in [0.05, 0.1) is 4.90 Å². The second-order valence-corrected chi connectivity index (χ2v) is 9.73. The average molecular weight is 465 g/mol. The predicted molar refractivity (Wildman–Crippen MR) is 129 cm³/mol. The number of hydrogen-bond donors (Lipinski definition) is 2. The number of benzene rings is 3. The molecular weight excluding hydrogens is 436 g/mol. The second kappa shape index (κ2) is 11.0. The van der Waals surface area contributed by atoms with E-state index in [4.69, 9.17) is 0 Å². The van der Waals surface area contributed by atoms with Crippen molar-refractivity contribution < 1.29 is 18.0 Å². The Morgan fingerprint density at radius 2 is 1.45 bits per heavy atom. The lowest BCUT2D eigenvalue weighted by Gasteiger charge is -2.12. The number of sulfonamides is 1. The fraction of sp³-hybridized carbons (Fsp3) is 0.231. The highest BCUT2D eigenvalue weighted by Crippen LogP contribution is 2.17. The van der Waals surface area contributed by atoms with Gasteiger partial charge in [0.2, 0.25) is 10.0 Å². The Balaban J connectivity index is 1.50. The van der Waals surface area contributed by atoms with E-state index in [1.807, 2.05) is 18.2 Å². The molecule has 0 aliphatic rings. The van der Waals surface area contributed by atoms with Crippen molar-refractivity contribution in [1.29, 1.82) is 0 Å². The first kappa shape index (κ1) is 24.4. The van der Waals surface area contributed by atoms with Crippen molar-refractivity contribution in [3.05, 3.63) is 101 Å². The summed E-state index contributed by atoms with van der Waals surface area (Å²) in [4.78, 5) is 23.8. The van der Waals surface area contributed by atoms with Gasteiger partial charge in [-0.25, -0.2) is 13.1 Å². The van der Waals surface area contributed by atoms with Gasteiger partial charge < -0.3 is 5.32 Å². The molecule has 0 spiro atoms. The van der Waals surface area contributed by atoms with Gasteiger partial charge in [-0.2, -0.15) is 0 Å². The maximum atomic E-state index is 12.5. The SMILES string of the molecule is CC(=O)c1ccc(S(=O)(=O)NCc2ccc(C(=O)NCCC(C)c3ccccc3)cc2)cc1. The number of ketones is 1. The van der Waals surface area contributed by atoms with Crippen molar-refractivity contribution in [1.82, 2.24) is 10.0 Å². The molecule has 2 N–H and O–H groups in total. The summed E-state index contributed by atoms with van der Waals surface area (Å²) in [5, 5.41) is 2.93. The van der Waals surface area contributed by atoms with Crippen LogP contribution in [0.15, 0.2) is 83.8 Å². The van der Waals surface area contributed by atoms with Gasteiger partial charge in [-0.1, -0.05) is 61.5 Å². The topological polar surface area (TPSA) is 92.3 Å². The Bertz CT molecular complexity index is 1190. The molecule has 3 aromatic carbocycles. The highest BCUT2D eigenvalue weighted by molar-refractivity contribution is 7.89. The molecule has 0 aliphatic heterocycles.